The molecule has 7 heteroatoms. The van der Waals surface area contributed by atoms with Gasteiger partial charge in [-0.25, -0.2) is 0 Å². The van der Waals surface area contributed by atoms with Crippen LogP contribution in [0.4, 0.5) is 5.69 Å². The molecule has 0 fully saturated rings. The molecule has 0 spiro atoms. The number of nitro groups is 1. The van der Waals surface area contributed by atoms with E-state index in [1.54, 1.807) is 0 Å². The number of hydrogen-bond acceptors (Lipinski definition) is 5. The molecule has 0 unspecified atom stereocenters. The van der Waals surface area contributed by atoms with Crippen LogP contribution in [0, 0.1) is 10.1 Å². The van der Waals surface area contributed by atoms with Crippen LogP contribution in [0.25, 0.3) is 6.08 Å². The van der Waals surface area contributed by atoms with Crippen molar-refractivity contribution < 1.29 is 19.2 Å². The summed E-state index contributed by atoms with van der Waals surface area (Å²) < 4.78 is 10.3. The minimum atomic E-state index is -0.513. The first-order valence-corrected chi connectivity index (χ1v) is 7.11. The van der Waals surface area contributed by atoms with Gasteiger partial charge in [0.2, 0.25) is 12.7 Å². The molecule has 0 aliphatic carbocycles. The smallest absolute Gasteiger partial charge is 0.280 e. The maximum absolute atomic E-state index is 11.8. The van der Waals surface area contributed by atoms with Gasteiger partial charge in [-0.3, -0.25) is 14.9 Å². The fourth-order valence-corrected chi connectivity index (χ4v) is 2.15. The molecule has 1 heterocycles. The van der Waals surface area contributed by atoms with Gasteiger partial charge < -0.3 is 14.8 Å². The number of fused-ring (bicyclic) bond motifs is 1. The van der Waals surface area contributed by atoms with Crippen molar-refractivity contribution in [1.29, 1.82) is 0 Å². The molecule has 1 aliphatic rings. The molecule has 1 aromatic carbocycles. The van der Waals surface area contributed by atoms with Crippen LogP contribution < -0.4 is 14.8 Å². The number of nitrogens with zero attached hydrogens (tertiary/aromatic N) is 1. The van der Waals surface area contributed by atoms with Crippen molar-refractivity contribution in [2.75, 3.05) is 6.79 Å². The molecule has 1 amide bonds. The molecule has 0 aromatic heterocycles. The van der Waals surface area contributed by atoms with Crippen LogP contribution in [0.2, 0.25) is 0 Å². The number of nitrogens with one attached hydrogen (secondary N) is 1. The third-order valence-electron chi connectivity index (χ3n) is 3.46. The van der Waals surface area contributed by atoms with Gasteiger partial charge in [0.15, 0.2) is 11.5 Å². The van der Waals surface area contributed by atoms with Crippen LogP contribution in [0.1, 0.15) is 32.3 Å². The molecule has 2 rings (SSSR count). The minimum Gasteiger partial charge on any atom is -0.454 e. The van der Waals surface area contributed by atoms with Crippen molar-refractivity contribution in [3.63, 3.8) is 0 Å². The van der Waals surface area contributed by atoms with Gasteiger partial charge in [0.05, 0.1) is 16.6 Å². The lowest BCUT2D eigenvalue weighted by Gasteiger charge is -2.12. The molecule has 7 nitrogen and oxygen atoms in total. The van der Waals surface area contributed by atoms with Gasteiger partial charge in [-0.1, -0.05) is 13.8 Å². The second-order valence-electron chi connectivity index (χ2n) is 4.88. The van der Waals surface area contributed by atoms with Crippen LogP contribution in [-0.2, 0) is 4.79 Å². The topological polar surface area (TPSA) is 90.7 Å². The molecule has 0 saturated carbocycles. The van der Waals surface area contributed by atoms with E-state index in [9.17, 15) is 14.9 Å². The van der Waals surface area contributed by atoms with Crippen molar-refractivity contribution in [2.24, 2.45) is 0 Å². The lowest BCUT2D eigenvalue weighted by atomic mass is 10.1. The number of hydrogen-bond donors (Lipinski definition) is 1. The summed E-state index contributed by atoms with van der Waals surface area (Å²) in [7, 11) is 0. The first-order valence-electron chi connectivity index (χ1n) is 7.11. The largest absolute Gasteiger partial charge is 0.454 e. The molecule has 0 radical (unpaired) electrons. The normalized spacial score (nSPS) is 12.9. The summed E-state index contributed by atoms with van der Waals surface area (Å²) in [4.78, 5) is 22.4. The maximum Gasteiger partial charge on any atom is 0.280 e. The van der Waals surface area contributed by atoms with Crippen LogP contribution in [-0.4, -0.2) is 23.7 Å². The lowest BCUT2D eigenvalue weighted by Crippen LogP contribution is -2.32. The Kier molecular flexibility index (Phi) is 4.98. The summed E-state index contributed by atoms with van der Waals surface area (Å²) in [5, 5.41) is 13.9. The predicted octanol–water partition coefficient (Wildman–Crippen LogP) is 2.64. The van der Waals surface area contributed by atoms with Crippen molar-refractivity contribution in [2.45, 2.75) is 32.7 Å². The second kappa shape index (κ2) is 6.93. The highest BCUT2D eigenvalue weighted by Crippen LogP contribution is 2.38. The third kappa shape index (κ3) is 3.55. The SMILES string of the molecule is CCC(CC)NC(=O)C=Cc1cc2c(cc1[N+](=O)[O-])OCO2. The Bertz CT molecular complexity index is 608. The summed E-state index contributed by atoms with van der Waals surface area (Å²) >= 11 is 0. The third-order valence-corrected chi connectivity index (χ3v) is 3.46. The number of ether oxygens (including phenoxy) is 2. The molecule has 118 valence electrons. The molecule has 1 N–H and O–H groups in total. The Morgan fingerprint density at radius 1 is 1.36 bits per heavy atom. The number of amides is 1. The number of nitro benzene ring substituents is 1. The summed E-state index contributed by atoms with van der Waals surface area (Å²) in [5.41, 5.74) is 0.171. The number of benzene rings is 1. The van der Waals surface area contributed by atoms with E-state index in [0.717, 1.165) is 12.8 Å². The molecular formula is C15H18N2O5. The van der Waals surface area contributed by atoms with E-state index < -0.39 is 4.92 Å². The van der Waals surface area contributed by atoms with E-state index >= 15 is 0 Å². The van der Waals surface area contributed by atoms with Crippen LogP contribution in [0.3, 0.4) is 0 Å². The standard InChI is InChI=1S/C15H18N2O5/c1-3-11(4-2)16-15(18)6-5-10-7-13-14(22-9-21-13)8-12(10)17(19)20/h5-8,11H,3-4,9H2,1-2H3,(H,16,18). The Balaban J connectivity index is 2.19. The number of carbonyl (C=O) groups is 1. The van der Waals surface area contributed by atoms with Gasteiger partial charge in [0.1, 0.15) is 0 Å². The zero-order valence-electron chi connectivity index (χ0n) is 12.5. The fourth-order valence-electron chi connectivity index (χ4n) is 2.15. The summed E-state index contributed by atoms with van der Waals surface area (Å²) in [6.45, 7) is 4.01. The number of carbonyl (C=O) groups excluding carboxylic acids is 1. The van der Waals surface area contributed by atoms with Gasteiger partial charge in [-0.2, -0.15) is 0 Å². The van der Waals surface area contributed by atoms with Crippen molar-refractivity contribution in [3.8, 4) is 11.5 Å². The van der Waals surface area contributed by atoms with Gasteiger partial charge in [0, 0.05) is 12.1 Å². The van der Waals surface area contributed by atoms with Gasteiger partial charge in [0.25, 0.3) is 5.69 Å². The average molecular weight is 306 g/mol. The van der Waals surface area contributed by atoms with Crippen molar-refractivity contribution >= 4 is 17.7 Å². The van der Waals surface area contributed by atoms with E-state index in [4.69, 9.17) is 9.47 Å². The van der Waals surface area contributed by atoms with E-state index in [1.165, 1.54) is 24.3 Å². The molecule has 0 saturated heterocycles. The quantitative estimate of drug-likeness (QED) is 0.495. The molecule has 1 aliphatic heterocycles. The fraction of sp³-hybridized carbons (Fsp3) is 0.400. The van der Waals surface area contributed by atoms with Crippen molar-refractivity contribution in [3.05, 3.63) is 33.9 Å². The van der Waals surface area contributed by atoms with Crippen LogP contribution in [0.5, 0.6) is 11.5 Å². The van der Waals surface area contributed by atoms with E-state index in [1.807, 2.05) is 13.8 Å². The molecular weight excluding hydrogens is 288 g/mol. The van der Waals surface area contributed by atoms with E-state index in [0.29, 0.717) is 17.1 Å². The average Bonchev–Trinajstić information content (AvgIpc) is 2.96. The number of rotatable bonds is 6. The predicted molar refractivity (Wildman–Crippen MR) is 80.8 cm³/mol. The molecule has 22 heavy (non-hydrogen) atoms. The zero-order chi connectivity index (χ0) is 16.1. The Morgan fingerprint density at radius 3 is 2.59 bits per heavy atom. The van der Waals surface area contributed by atoms with Crippen LogP contribution in [0.15, 0.2) is 18.2 Å². The van der Waals surface area contributed by atoms with Gasteiger partial charge in [-0.05, 0) is 25.0 Å². The van der Waals surface area contributed by atoms with E-state index in [2.05, 4.69) is 5.32 Å². The summed E-state index contributed by atoms with van der Waals surface area (Å²) in [5.74, 6) is 0.497. The van der Waals surface area contributed by atoms with Crippen LogP contribution >= 0.6 is 0 Å². The highest BCUT2D eigenvalue weighted by atomic mass is 16.7. The molecule has 1 aromatic rings. The van der Waals surface area contributed by atoms with Gasteiger partial charge >= 0.3 is 0 Å². The molecule has 0 bridgehead atoms. The minimum absolute atomic E-state index is 0.0365. The Labute approximate surface area is 128 Å². The first kappa shape index (κ1) is 15.8. The second-order valence-corrected chi connectivity index (χ2v) is 4.88. The maximum atomic E-state index is 11.8. The summed E-state index contributed by atoms with van der Waals surface area (Å²) in [6, 6.07) is 2.91. The Hall–Kier alpha value is -2.57. The molecule has 0 atom stereocenters. The van der Waals surface area contributed by atoms with E-state index in [-0.39, 0.29) is 24.4 Å². The summed E-state index contributed by atoms with van der Waals surface area (Å²) in [6.07, 6.45) is 4.38. The highest BCUT2D eigenvalue weighted by molar-refractivity contribution is 5.92. The monoisotopic (exact) mass is 306 g/mol. The van der Waals surface area contributed by atoms with Crippen molar-refractivity contribution in [1.82, 2.24) is 5.32 Å². The lowest BCUT2D eigenvalue weighted by molar-refractivity contribution is -0.385. The zero-order valence-corrected chi connectivity index (χ0v) is 12.5. The highest BCUT2D eigenvalue weighted by Gasteiger charge is 2.22. The first-order chi connectivity index (χ1) is 10.5. The van der Waals surface area contributed by atoms with Gasteiger partial charge in [-0.15, -0.1) is 0 Å². The Morgan fingerprint density at radius 2 is 2.00 bits per heavy atom.